The number of nitrogens with one attached hydrogen (secondary N) is 1. The predicted molar refractivity (Wildman–Crippen MR) is 156 cm³/mol. The van der Waals surface area contributed by atoms with Gasteiger partial charge in [-0.15, -0.1) is 0 Å². The summed E-state index contributed by atoms with van der Waals surface area (Å²) in [6.45, 7) is 10.2. The smallest absolute Gasteiger partial charge is 0.256 e. The molecule has 202 valence electrons. The average Bonchev–Trinajstić information content (AvgIpc) is 3.39. The SMILES string of the molecule is CCc1nccc(-c2cccnc2Oc2cc(C(=O)Nc3cc(C(C)(C)C)nn3-c3ccccc3)ccc2C)n1. The zero-order chi connectivity index (χ0) is 28.3. The van der Waals surface area contributed by atoms with Crippen LogP contribution in [0.5, 0.6) is 11.6 Å². The molecule has 0 aliphatic rings. The highest BCUT2D eigenvalue weighted by Gasteiger charge is 2.22. The van der Waals surface area contributed by atoms with E-state index in [9.17, 15) is 4.79 Å². The highest BCUT2D eigenvalue weighted by atomic mass is 16.5. The van der Waals surface area contributed by atoms with E-state index in [0.29, 0.717) is 23.0 Å². The van der Waals surface area contributed by atoms with Gasteiger partial charge in [0.05, 0.1) is 22.6 Å². The van der Waals surface area contributed by atoms with Crippen LogP contribution in [-0.2, 0) is 11.8 Å². The van der Waals surface area contributed by atoms with Gasteiger partial charge >= 0.3 is 0 Å². The number of rotatable bonds is 7. The number of aryl methyl sites for hydroxylation is 2. The molecule has 3 aromatic heterocycles. The highest BCUT2D eigenvalue weighted by Crippen LogP contribution is 2.33. The first-order valence-electron chi connectivity index (χ1n) is 13.3. The van der Waals surface area contributed by atoms with Gasteiger partial charge in [0.15, 0.2) is 0 Å². The van der Waals surface area contributed by atoms with Crippen LogP contribution in [0.4, 0.5) is 5.82 Å². The fraction of sp³-hybridized carbons (Fsp3) is 0.219. The first-order valence-corrected chi connectivity index (χ1v) is 13.3. The Balaban J connectivity index is 1.45. The van der Waals surface area contributed by atoms with E-state index in [1.165, 1.54) is 0 Å². The molecule has 1 amide bonds. The van der Waals surface area contributed by atoms with Crippen LogP contribution in [0.3, 0.4) is 0 Å². The van der Waals surface area contributed by atoms with E-state index in [1.54, 1.807) is 29.2 Å². The average molecular weight is 533 g/mol. The Hall–Kier alpha value is -4.85. The van der Waals surface area contributed by atoms with E-state index in [-0.39, 0.29) is 11.3 Å². The van der Waals surface area contributed by atoms with Gasteiger partial charge in [-0.25, -0.2) is 19.6 Å². The molecule has 0 bridgehead atoms. The first kappa shape index (κ1) is 26.7. The number of aromatic nitrogens is 5. The molecule has 0 radical (unpaired) electrons. The molecule has 0 fully saturated rings. The number of benzene rings is 2. The van der Waals surface area contributed by atoms with Crippen molar-refractivity contribution in [2.45, 2.75) is 46.5 Å². The normalized spacial score (nSPS) is 11.3. The molecule has 5 rings (SSSR count). The van der Waals surface area contributed by atoms with Crippen molar-refractivity contribution < 1.29 is 9.53 Å². The lowest BCUT2D eigenvalue weighted by atomic mass is 9.92. The third kappa shape index (κ3) is 5.76. The van der Waals surface area contributed by atoms with Crippen molar-refractivity contribution in [2.24, 2.45) is 0 Å². The van der Waals surface area contributed by atoms with Crippen molar-refractivity contribution in [3.05, 3.63) is 108 Å². The largest absolute Gasteiger partial charge is 0.438 e. The summed E-state index contributed by atoms with van der Waals surface area (Å²) in [4.78, 5) is 26.9. The number of carbonyl (C=O) groups is 1. The quantitative estimate of drug-likeness (QED) is 0.244. The number of para-hydroxylation sites is 1. The molecule has 0 aliphatic heterocycles. The highest BCUT2D eigenvalue weighted by molar-refractivity contribution is 6.04. The number of nitrogens with zero attached hydrogens (tertiary/aromatic N) is 5. The van der Waals surface area contributed by atoms with Gasteiger partial charge < -0.3 is 10.1 Å². The molecule has 8 nitrogen and oxygen atoms in total. The molecular weight excluding hydrogens is 500 g/mol. The van der Waals surface area contributed by atoms with E-state index in [1.807, 2.05) is 74.5 Å². The second kappa shape index (κ2) is 11.1. The Bertz CT molecular complexity index is 1650. The molecule has 0 saturated carbocycles. The van der Waals surface area contributed by atoms with Gasteiger partial charge in [-0.3, -0.25) is 4.79 Å². The summed E-state index contributed by atoms with van der Waals surface area (Å²) in [5.74, 6) is 2.00. The maximum absolute atomic E-state index is 13.5. The third-order valence-electron chi connectivity index (χ3n) is 6.45. The number of anilines is 1. The van der Waals surface area contributed by atoms with Gasteiger partial charge in [0, 0.05) is 35.9 Å². The third-order valence-corrected chi connectivity index (χ3v) is 6.45. The van der Waals surface area contributed by atoms with E-state index in [4.69, 9.17) is 9.84 Å². The molecule has 0 spiro atoms. The summed E-state index contributed by atoms with van der Waals surface area (Å²) >= 11 is 0. The topological polar surface area (TPSA) is 94.8 Å². The standard InChI is InChI=1S/C32H32N6O2/c1-6-28-33-18-16-25(35-28)24-13-10-17-34-31(24)40-26-19-22(15-14-21(26)2)30(39)36-29-20-27(32(3,4)5)37-38(29)23-11-8-7-9-12-23/h7-20H,6H2,1-5H3,(H,36,39). The summed E-state index contributed by atoms with van der Waals surface area (Å²) in [6.07, 6.45) is 4.13. The zero-order valence-corrected chi connectivity index (χ0v) is 23.3. The van der Waals surface area contributed by atoms with Crippen LogP contribution in [0.25, 0.3) is 16.9 Å². The van der Waals surface area contributed by atoms with Crippen LogP contribution >= 0.6 is 0 Å². The Morgan fingerprint density at radius 3 is 2.50 bits per heavy atom. The van der Waals surface area contributed by atoms with Gasteiger partial charge in [0.2, 0.25) is 5.88 Å². The molecule has 5 aromatic rings. The van der Waals surface area contributed by atoms with Crippen LogP contribution < -0.4 is 10.1 Å². The molecule has 2 aromatic carbocycles. The van der Waals surface area contributed by atoms with Crippen LogP contribution in [0.1, 0.15) is 55.1 Å². The summed E-state index contributed by atoms with van der Waals surface area (Å²) in [7, 11) is 0. The van der Waals surface area contributed by atoms with Crippen LogP contribution in [0.15, 0.2) is 85.2 Å². The van der Waals surface area contributed by atoms with Gasteiger partial charge in [-0.2, -0.15) is 5.10 Å². The molecular formula is C32H32N6O2. The van der Waals surface area contributed by atoms with Crippen molar-refractivity contribution in [2.75, 3.05) is 5.32 Å². The second-order valence-corrected chi connectivity index (χ2v) is 10.5. The van der Waals surface area contributed by atoms with Crippen molar-refractivity contribution in [1.82, 2.24) is 24.7 Å². The molecule has 0 unspecified atom stereocenters. The molecule has 8 heteroatoms. The van der Waals surface area contributed by atoms with Gasteiger partial charge in [0.1, 0.15) is 17.4 Å². The van der Waals surface area contributed by atoms with Crippen molar-refractivity contribution in [1.29, 1.82) is 0 Å². The van der Waals surface area contributed by atoms with E-state index in [2.05, 4.69) is 41.0 Å². The minimum absolute atomic E-state index is 0.188. The van der Waals surface area contributed by atoms with Crippen LogP contribution in [-0.4, -0.2) is 30.6 Å². The van der Waals surface area contributed by atoms with Crippen LogP contribution in [0, 0.1) is 6.92 Å². The number of ether oxygens (including phenoxy) is 1. The Morgan fingerprint density at radius 1 is 0.950 bits per heavy atom. The van der Waals surface area contributed by atoms with E-state index < -0.39 is 0 Å². The lowest BCUT2D eigenvalue weighted by Crippen LogP contribution is -2.15. The summed E-state index contributed by atoms with van der Waals surface area (Å²) in [5.41, 5.74) is 4.34. The molecule has 3 heterocycles. The molecule has 1 N–H and O–H groups in total. The number of amides is 1. The van der Waals surface area contributed by atoms with Crippen molar-refractivity contribution >= 4 is 11.7 Å². The van der Waals surface area contributed by atoms with Crippen LogP contribution in [0.2, 0.25) is 0 Å². The van der Waals surface area contributed by atoms with Gasteiger partial charge in [-0.05, 0) is 55.0 Å². The minimum Gasteiger partial charge on any atom is -0.438 e. The number of hydrogen-bond acceptors (Lipinski definition) is 6. The number of pyridine rings is 1. The second-order valence-electron chi connectivity index (χ2n) is 10.5. The molecule has 0 aliphatic carbocycles. The first-order chi connectivity index (χ1) is 19.2. The summed E-state index contributed by atoms with van der Waals surface area (Å²) < 4.78 is 8.04. The Kier molecular flexibility index (Phi) is 7.42. The fourth-order valence-corrected chi connectivity index (χ4v) is 4.13. The lowest BCUT2D eigenvalue weighted by molar-refractivity contribution is 0.102. The maximum atomic E-state index is 13.5. The number of hydrogen-bond donors (Lipinski definition) is 1. The zero-order valence-electron chi connectivity index (χ0n) is 23.3. The molecule has 0 saturated heterocycles. The maximum Gasteiger partial charge on any atom is 0.256 e. The monoisotopic (exact) mass is 532 g/mol. The van der Waals surface area contributed by atoms with Crippen molar-refractivity contribution in [3.63, 3.8) is 0 Å². The Labute approximate surface area is 234 Å². The Morgan fingerprint density at radius 2 is 1.75 bits per heavy atom. The predicted octanol–water partition coefficient (Wildman–Crippen LogP) is 6.94. The van der Waals surface area contributed by atoms with E-state index >= 15 is 0 Å². The van der Waals surface area contributed by atoms with Gasteiger partial charge in [0.25, 0.3) is 5.91 Å². The van der Waals surface area contributed by atoms with Crippen molar-refractivity contribution in [3.8, 4) is 28.6 Å². The molecule has 40 heavy (non-hydrogen) atoms. The minimum atomic E-state index is -0.271. The molecule has 0 atom stereocenters. The summed E-state index contributed by atoms with van der Waals surface area (Å²) in [5, 5.41) is 7.85. The fourth-order valence-electron chi connectivity index (χ4n) is 4.13. The lowest BCUT2D eigenvalue weighted by Gasteiger charge is -2.14. The summed E-state index contributed by atoms with van der Waals surface area (Å²) in [6, 6.07) is 22.6. The van der Waals surface area contributed by atoms with Gasteiger partial charge in [-0.1, -0.05) is 52.0 Å². The van der Waals surface area contributed by atoms with E-state index in [0.717, 1.165) is 40.4 Å². The number of carbonyl (C=O) groups excluding carboxylic acids is 1.